The Morgan fingerprint density at radius 3 is 2.50 bits per heavy atom. The minimum Gasteiger partial charge on any atom is -0.373 e. The van der Waals surface area contributed by atoms with Crippen LogP contribution in [0.3, 0.4) is 0 Å². The Hall–Kier alpha value is -2.24. The molecular weight excluding hydrogens is 252 g/mol. The first-order valence-electron chi connectivity index (χ1n) is 6.57. The molecule has 6 heteroatoms. The summed E-state index contributed by atoms with van der Waals surface area (Å²) in [5, 5.41) is 14.2. The Balaban J connectivity index is 2.19. The van der Waals surface area contributed by atoms with Crippen molar-refractivity contribution in [2.24, 2.45) is 0 Å². The number of hydrogen-bond acceptors (Lipinski definition) is 6. The molecule has 0 bridgehead atoms. The molecule has 106 valence electrons. The summed E-state index contributed by atoms with van der Waals surface area (Å²) in [6.45, 7) is 6.86. The van der Waals surface area contributed by atoms with Crippen LogP contribution in [0.2, 0.25) is 0 Å². The molecule has 0 atom stereocenters. The van der Waals surface area contributed by atoms with Crippen LogP contribution in [0.1, 0.15) is 32.3 Å². The molecule has 0 aliphatic rings. The van der Waals surface area contributed by atoms with Gasteiger partial charge in [0.15, 0.2) is 0 Å². The number of aromatic nitrogens is 4. The number of hydrogen-bond donors (Lipinski definition) is 2. The summed E-state index contributed by atoms with van der Waals surface area (Å²) >= 11 is 0. The second kappa shape index (κ2) is 5.81. The molecule has 20 heavy (non-hydrogen) atoms. The summed E-state index contributed by atoms with van der Waals surface area (Å²) in [4.78, 5) is 9.05. The maximum atomic E-state index is 4.56. The lowest BCUT2D eigenvalue weighted by Gasteiger charge is -2.18. The zero-order valence-corrected chi connectivity index (χ0v) is 12.3. The van der Waals surface area contributed by atoms with Crippen LogP contribution in [0, 0.1) is 0 Å². The molecule has 2 rings (SSSR count). The number of anilines is 2. The van der Waals surface area contributed by atoms with Crippen LogP contribution in [0.25, 0.3) is 0 Å². The van der Waals surface area contributed by atoms with Gasteiger partial charge in [-0.15, -0.1) is 0 Å². The molecule has 0 aliphatic carbocycles. The molecule has 0 aromatic carbocycles. The SMILES string of the molecule is CNc1cc(NCc2cccnn2)nc(C(C)(C)C)n1. The van der Waals surface area contributed by atoms with Crippen molar-refractivity contribution in [3.8, 4) is 0 Å². The highest BCUT2D eigenvalue weighted by Crippen LogP contribution is 2.22. The van der Waals surface area contributed by atoms with Gasteiger partial charge in [0.1, 0.15) is 17.5 Å². The van der Waals surface area contributed by atoms with E-state index in [1.807, 2.05) is 25.2 Å². The summed E-state index contributed by atoms with van der Waals surface area (Å²) in [5.41, 5.74) is 0.768. The highest BCUT2D eigenvalue weighted by Gasteiger charge is 2.18. The van der Waals surface area contributed by atoms with Crippen molar-refractivity contribution in [2.45, 2.75) is 32.7 Å². The van der Waals surface area contributed by atoms with Crippen molar-refractivity contribution in [3.63, 3.8) is 0 Å². The van der Waals surface area contributed by atoms with E-state index in [2.05, 4.69) is 51.6 Å². The highest BCUT2D eigenvalue weighted by molar-refractivity contribution is 5.48. The first-order chi connectivity index (χ1) is 9.49. The molecule has 0 saturated heterocycles. The van der Waals surface area contributed by atoms with E-state index in [1.54, 1.807) is 6.20 Å². The van der Waals surface area contributed by atoms with Gasteiger partial charge in [-0.25, -0.2) is 9.97 Å². The third kappa shape index (κ3) is 3.63. The number of nitrogens with zero attached hydrogens (tertiary/aromatic N) is 4. The van der Waals surface area contributed by atoms with Gasteiger partial charge in [0.05, 0.1) is 12.2 Å². The van der Waals surface area contributed by atoms with Gasteiger partial charge >= 0.3 is 0 Å². The lowest BCUT2D eigenvalue weighted by molar-refractivity contribution is 0.546. The molecule has 0 fully saturated rings. The van der Waals surface area contributed by atoms with Gasteiger partial charge in [-0.05, 0) is 12.1 Å². The van der Waals surface area contributed by atoms with E-state index in [1.165, 1.54) is 0 Å². The van der Waals surface area contributed by atoms with E-state index in [0.29, 0.717) is 6.54 Å². The van der Waals surface area contributed by atoms with Crippen LogP contribution in [0.4, 0.5) is 11.6 Å². The predicted molar refractivity (Wildman–Crippen MR) is 79.6 cm³/mol. The van der Waals surface area contributed by atoms with E-state index in [0.717, 1.165) is 23.2 Å². The second-order valence-electron chi connectivity index (χ2n) is 5.53. The molecule has 0 unspecified atom stereocenters. The lowest BCUT2D eigenvalue weighted by Crippen LogP contribution is -2.18. The molecule has 0 amide bonds. The minimum absolute atomic E-state index is 0.101. The Bertz CT molecular complexity index is 562. The van der Waals surface area contributed by atoms with Crippen molar-refractivity contribution in [2.75, 3.05) is 17.7 Å². The van der Waals surface area contributed by atoms with Crippen molar-refractivity contribution in [1.82, 2.24) is 20.2 Å². The summed E-state index contributed by atoms with van der Waals surface area (Å²) in [6.07, 6.45) is 1.66. The quantitative estimate of drug-likeness (QED) is 0.889. The van der Waals surface area contributed by atoms with Crippen LogP contribution >= 0.6 is 0 Å². The molecule has 2 N–H and O–H groups in total. The van der Waals surface area contributed by atoms with Crippen LogP contribution < -0.4 is 10.6 Å². The normalized spacial score (nSPS) is 11.2. The molecule has 2 aromatic rings. The highest BCUT2D eigenvalue weighted by atomic mass is 15.1. The van der Waals surface area contributed by atoms with Gasteiger partial charge in [-0.3, -0.25) is 0 Å². The maximum Gasteiger partial charge on any atom is 0.138 e. The fraction of sp³-hybridized carbons (Fsp3) is 0.429. The Morgan fingerprint density at radius 1 is 1.15 bits per heavy atom. The first-order valence-corrected chi connectivity index (χ1v) is 6.57. The van der Waals surface area contributed by atoms with Gasteiger partial charge in [0, 0.05) is 24.7 Å². The fourth-order valence-corrected chi connectivity index (χ4v) is 1.61. The van der Waals surface area contributed by atoms with Crippen molar-refractivity contribution in [1.29, 1.82) is 0 Å². The average Bonchev–Trinajstić information content (AvgIpc) is 2.45. The van der Waals surface area contributed by atoms with E-state index in [-0.39, 0.29) is 5.41 Å². The lowest BCUT2D eigenvalue weighted by atomic mass is 9.96. The molecule has 2 heterocycles. The predicted octanol–water partition coefficient (Wildman–Crippen LogP) is 2.22. The Kier molecular flexibility index (Phi) is 4.12. The minimum atomic E-state index is -0.101. The van der Waals surface area contributed by atoms with Crippen LogP contribution in [0.15, 0.2) is 24.4 Å². The smallest absolute Gasteiger partial charge is 0.138 e. The summed E-state index contributed by atoms with van der Waals surface area (Å²) in [6, 6.07) is 5.67. The molecular formula is C14H20N6. The average molecular weight is 272 g/mol. The van der Waals surface area contributed by atoms with E-state index in [9.17, 15) is 0 Å². The largest absolute Gasteiger partial charge is 0.373 e. The fourth-order valence-electron chi connectivity index (χ4n) is 1.61. The van der Waals surface area contributed by atoms with Gasteiger partial charge in [-0.2, -0.15) is 10.2 Å². The van der Waals surface area contributed by atoms with Gasteiger partial charge in [-0.1, -0.05) is 20.8 Å². The van der Waals surface area contributed by atoms with Crippen molar-refractivity contribution < 1.29 is 0 Å². The summed E-state index contributed by atoms with van der Waals surface area (Å²) in [5.74, 6) is 2.37. The summed E-state index contributed by atoms with van der Waals surface area (Å²) in [7, 11) is 1.85. The topological polar surface area (TPSA) is 75.6 Å². The standard InChI is InChI=1S/C14H20N6/c1-14(2,3)13-18-11(15-4)8-12(19-13)16-9-10-6-5-7-17-20-10/h5-8H,9H2,1-4H3,(H2,15,16,18,19). The molecule has 6 nitrogen and oxygen atoms in total. The molecule has 0 aliphatic heterocycles. The molecule has 2 aromatic heterocycles. The third-order valence-electron chi connectivity index (χ3n) is 2.73. The van der Waals surface area contributed by atoms with Crippen molar-refractivity contribution >= 4 is 11.6 Å². The second-order valence-corrected chi connectivity index (χ2v) is 5.53. The molecule has 0 saturated carbocycles. The van der Waals surface area contributed by atoms with Crippen LogP contribution in [-0.4, -0.2) is 27.2 Å². The van der Waals surface area contributed by atoms with E-state index < -0.39 is 0 Å². The summed E-state index contributed by atoms with van der Waals surface area (Å²) < 4.78 is 0. The molecule has 0 radical (unpaired) electrons. The van der Waals surface area contributed by atoms with Crippen LogP contribution in [-0.2, 0) is 12.0 Å². The molecule has 0 spiro atoms. The Morgan fingerprint density at radius 2 is 1.90 bits per heavy atom. The number of nitrogens with one attached hydrogen (secondary N) is 2. The first kappa shape index (κ1) is 14.2. The monoisotopic (exact) mass is 272 g/mol. The van der Waals surface area contributed by atoms with Gasteiger partial charge in [0.2, 0.25) is 0 Å². The number of rotatable bonds is 4. The van der Waals surface area contributed by atoms with E-state index in [4.69, 9.17) is 0 Å². The van der Waals surface area contributed by atoms with Gasteiger partial charge in [0.25, 0.3) is 0 Å². The Labute approximate surface area is 119 Å². The van der Waals surface area contributed by atoms with Crippen molar-refractivity contribution in [3.05, 3.63) is 35.9 Å². The maximum absolute atomic E-state index is 4.56. The zero-order valence-electron chi connectivity index (χ0n) is 12.3. The van der Waals surface area contributed by atoms with Gasteiger partial charge < -0.3 is 10.6 Å². The van der Waals surface area contributed by atoms with E-state index >= 15 is 0 Å². The zero-order chi connectivity index (χ0) is 14.6. The van der Waals surface area contributed by atoms with Crippen LogP contribution in [0.5, 0.6) is 0 Å². The third-order valence-corrected chi connectivity index (χ3v) is 2.73.